The van der Waals surface area contributed by atoms with Crippen molar-refractivity contribution in [3.63, 3.8) is 0 Å². The normalized spacial score (nSPS) is 12.2. The van der Waals surface area contributed by atoms with Crippen LogP contribution in [0.3, 0.4) is 0 Å². The molecule has 0 radical (unpaired) electrons. The minimum atomic E-state index is -1.10. The first-order chi connectivity index (χ1) is 16.3. The average Bonchev–Trinajstić information content (AvgIpc) is 3.45. The summed E-state index contributed by atoms with van der Waals surface area (Å²) in [6, 6.07) is 6.89. The van der Waals surface area contributed by atoms with Crippen molar-refractivity contribution in [1.82, 2.24) is 24.7 Å². The maximum atomic E-state index is 14.6. The van der Waals surface area contributed by atoms with E-state index in [0.717, 1.165) is 6.20 Å². The Kier molecular flexibility index (Phi) is 6.35. The Labute approximate surface area is 193 Å². The van der Waals surface area contributed by atoms with Gasteiger partial charge in [-0.2, -0.15) is 5.10 Å². The smallest absolute Gasteiger partial charge is 0.326 e. The number of carbonyl (C=O) groups is 1. The molecule has 4 rings (SSSR count). The van der Waals surface area contributed by atoms with Crippen LogP contribution in [0.15, 0.2) is 53.4 Å². The van der Waals surface area contributed by atoms with Gasteiger partial charge in [0.25, 0.3) is 0 Å². The lowest BCUT2D eigenvalue weighted by Crippen LogP contribution is -2.43. The van der Waals surface area contributed by atoms with Gasteiger partial charge >= 0.3 is 5.97 Å². The molecule has 0 saturated carbocycles. The summed E-state index contributed by atoms with van der Waals surface area (Å²) in [4.78, 5) is 25.4. The molecular weight excluding hydrogens is 446 g/mol. The van der Waals surface area contributed by atoms with Crippen molar-refractivity contribution in [3.8, 4) is 23.1 Å². The highest BCUT2D eigenvalue weighted by molar-refractivity contribution is 5.78. The number of oxazole rings is 1. The summed E-state index contributed by atoms with van der Waals surface area (Å²) in [6.07, 6.45) is 3.83. The van der Waals surface area contributed by atoms with E-state index < -0.39 is 23.6 Å². The van der Waals surface area contributed by atoms with E-state index in [1.165, 1.54) is 35.2 Å². The fourth-order valence-electron chi connectivity index (χ4n) is 3.72. The molecule has 9 nitrogen and oxygen atoms in total. The van der Waals surface area contributed by atoms with Crippen molar-refractivity contribution in [2.75, 3.05) is 11.9 Å². The highest BCUT2D eigenvalue weighted by Crippen LogP contribution is 2.27. The number of aliphatic carboxylic acids is 1. The fourth-order valence-corrected chi connectivity index (χ4v) is 3.72. The molecule has 0 amide bonds. The van der Waals surface area contributed by atoms with Crippen LogP contribution in [0, 0.1) is 17.6 Å². The molecule has 0 bridgehead atoms. The van der Waals surface area contributed by atoms with E-state index in [2.05, 4.69) is 20.1 Å². The van der Waals surface area contributed by atoms with E-state index in [4.69, 9.17) is 4.42 Å². The number of nitrogens with zero attached hydrogens (tertiary/aromatic N) is 6. The lowest BCUT2D eigenvalue weighted by atomic mass is 10.0. The predicted octanol–water partition coefficient (Wildman–Crippen LogP) is 3.87. The van der Waals surface area contributed by atoms with Gasteiger partial charge in [-0.15, -0.1) is 0 Å². The minimum absolute atomic E-state index is 0.0660. The summed E-state index contributed by atoms with van der Waals surface area (Å²) in [5.41, 5.74) is 1.10. The van der Waals surface area contributed by atoms with Gasteiger partial charge in [-0.25, -0.2) is 28.5 Å². The van der Waals surface area contributed by atoms with Crippen molar-refractivity contribution < 1.29 is 23.1 Å². The molecule has 34 heavy (non-hydrogen) atoms. The third-order valence-electron chi connectivity index (χ3n) is 5.30. The first-order valence-electron chi connectivity index (χ1n) is 10.5. The number of halogens is 2. The quantitative estimate of drug-likeness (QED) is 0.415. The van der Waals surface area contributed by atoms with E-state index in [0.29, 0.717) is 11.3 Å². The number of anilines is 1. The number of carboxylic acids is 1. The Bertz CT molecular complexity index is 1310. The summed E-state index contributed by atoms with van der Waals surface area (Å²) in [7, 11) is 1.46. The number of aromatic nitrogens is 5. The van der Waals surface area contributed by atoms with E-state index in [1.54, 1.807) is 38.1 Å². The van der Waals surface area contributed by atoms with Crippen molar-refractivity contribution in [2.24, 2.45) is 5.92 Å². The Morgan fingerprint density at radius 3 is 2.62 bits per heavy atom. The van der Waals surface area contributed by atoms with Crippen molar-refractivity contribution in [2.45, 2.75) is 26.4 Å². The van der Waals surface area contributed by atoms with Gasteiger partial charge in [0.2, 0.25) is 5.89 Å². The molecular formula is C23H22F2N6O3. The monoisotopic (exact) mass is 468 g/mol. The molecule has 1 N–H and O–H groups in total. The summed E-state index contributed by atoms with van der Waals surface area (Å²) >= 11 is 0. The van der Waals surface area contributed by atoms with Gasteiger partial charge < -0.3 is 14.4 Å². The molecule has 0 aliphatic heterocycles. The summed E-state index contributed by atoms with van der Waals surface area (Å²) in [6.45, 7) is 3.53. The van der Waals surface area contributed by atoms with E-state index >= 15 is 0 Å². The van der Waals surface area contributed by atoms with Gasteiger partial charge in [0.05, 0.1) is 18.9 Å². The lowest BCUT2D eigenvalue weighted by Gasteiger charge is -2.28. The van der Waals surface area contributed by atoms with Gasteiger partial charge in [0, 0.05) is 18.7 Å². The number of hydrogen-bond donors (Lipinski definition) is 1. The summed E-state index contributed by atoms with van der Waals surface area (Å²) in [5, 5.41) is 14.1. The first-order valence-corrected chi connectivity index (χ1v) is 10.5. The maximum absolute atomic E-state index is 14.6. The molecule has 0 aliphatic carbocycles. The molecule has 0 saturated heterocycles. The van der Waals surface area contributed by atoms with Gasteiger partial charge in [0.1, 0.15) is 29.5 Å². The van der Waals surface area contributed by atoms with Crippen LogP contribution in [-0.2, 0) is 11.3 Å². The van der Waals surface area contributed by atoms with Crippen molar-refractivity contribution >= 4 is 11.8 Å². The van der Waals surface area contributed by atoms with Crippen LogP contribution in [0.1, 0.15) is 19.4 Å². The van der Waals surface area contributed by atoms with Gasteiger partial charge in [0.15, 0.2) is 17.5 Å². The molecule has 176 valence electrons. The first kappa shape index (κ1) is 23.0. The molecule has 0 spiro atoms. The second-order valence-corrected chi connectivity index (χ2v) is 8.00. The van der Waals surface area contributed by atoms with Crippen LogP contribution >= 0.6 is 0 Å². The van der Waals surface area contributed by atoms with Crippen LogP contribution in [-0.4, -0.2) is 48.9 Å². The van der Waals surface area contributed by atoms with Crippen molar-refractivity contribution in [3.05, 3.63) is 66.2 Å². The van der Waals surface area contributed by atoms with Gasteiger partial charge in [-0.3, -0.25) is 4.68 Å². The zero-order valence-corrected chi connectivity index (χ0v) is 18.7. The number of likely N-dealkylation sites (N-methyl/N-ethyl adjacent to an activating group) is 1. The van der Waals surface area contributed by atoms with Crippen LogP contribution in [0.2, 0.25) is 0 Å². The van der Waals surface area contributed by atoms with Crippen LogP contribution in [0.5, 0.6) is 0 Å². The van der Waals surface area contributed by atoms with Crippen LogP contribution in [0.25, 0.3) is 23.1 Å². The summed E-state index contributed by atoms with van der Waals surface area (Å²) in [5.74, 6) is -2.43. The highest BCUT2D eigenvalue weighted by atomic mass is 19.1. The van der Waals surface area contributed by atoms with E-state index in [1.807, 2.05) is 0 Å². The minimum Gasteiger partial charge on any atom is -0.480 e. The number of rotatable bonds is 8. The highest BCUT2D eigenvalue weighted by Gasteiger charge is 2.29. The third kappa shape index (κ3) is 4.49. The van der Waals surface area contributed by atoms with Crippen molar-refractivity contribution in [1.29, 1.82) is 0 Å². The largest absolute Gasteiger partial charge is 0.480 e. The Hall–Kier alpha value is -4.15. The molecule has 1 aromatic carbocycles. The zero-order valence-electron chi connectivity index (χ0n) is 18.7. The predicted molar refractivity (Wildman–Crippen MR) is 119 cm³/mol. The molecule has 0 fully saturated rings. The second-order valence-electron chi connectivity index (χ2n) is 8.00. The SMILES string of the molecule is CC(C)[C@@H](C(=O)O)N(C)c1nc(-c2cc(-c3ncco3)n(Cc3ccccc3F)n2)ncc1F. The standard InChI is InChI=1S/C23H22F2N6O3/c1-13(2)19(23(32)33)30(3)21-16(25)11-27-20(28-21)17-10-18(22-26-8-9-34-22)31(29-17)12-14-6-4-5-7-15(14)24/h4-11,13,19H,12H2,1-3H3,(H,32,33)/t19-/m0/s1. The molecule has 0 aliphatic rings. The number of hydrogen-bond acceptors (Lipinski definition) is 7. The molecule has 1 atom stereocenters. The van der Waals surface area contributed by atoms with E-state index in [-0.39, 0.29) is 35.7 Å². The van der Waals surface area contributed by atoms with Crippen LogP contribution in [0.4, 0.5) is 14.6 Å². The van der Waals surface area contributed by atoms with E-state index in [9.17, 15) is 18.7 Å². The molecule has 4 aromatic rings. The Morgan fingerprint density at radius 1 is 1.21 bits per heavy atom. The molecule has 0 unspecified atom stereocenters. The zero-order chi connectivity index (χ0) is 24.4. The average molecular weight is 468 g/mol. The topological polar surface area (TPSA) is 110 Å². The Balaban J connectivity index is 1.77. The lowest BCUT2D eigenvalue weighted by molar-refractivity contribution is -0.139. The number of benzene rings is 1. The van der Waals surface area contributed by atoms with Gasteiger partial charge in [-0.1, -0.05) is 32.0 Å². The third-order valence-corrected chi connectivity index (χ3v) is 5.30. The second kappa shape index (κ2) is 9.38. The number of carboxylic acid groups (broad SMARTS) is 1. The molecule has 3 heterocycles. The van der Waals surface area contributed by atoms with Gasteiger partial charge in [-0.05, 0) is 12.0 Å². The summed E-state index contributed by atoms with van der Waals surface area (Å²) < 4.78 is 35.8. The molecule has 3 aromatic heterocycles. The maximum Gasteiger partial charge on any atom is 0.326 e. The molecule has 11 heteroatoms. The van der Waals surface area contributed by atoms with Crippen LogP contribution < -0.4 is 4.90 Å². The Morgan fingerprint density at radius 2 is 1.97 bits per heavy atom. The fraction of sp³-hybridized carbons (Fsp3) is 0.261.